The molecule has 0 aliphatic carbocycles. The van der Waals surface area contributed by atoms with Crippen LogP contribution in [0.15, 0.2) is 42.5 Å². The van der Waals surface area contributed by atoms with Crippen LogP contribution in [-0.4, -0.2) is 23.7 Å². The number of fused-ring (bicyclic) bond motifs is 1. The van der Waals surface area contributed by atoms with Crippen LogP contribution in [0.4, 0.5) is 0 Å². The van der Waals surface area contributed by atoms with Gasteiger partial charge >= 0.3 is 0 Å². The highest BCUT2D eigenvalue weighted by molar-refractivity contribution is 9.10. The van der Waals surface area contributed by atoms with Crippen molar-refractivity contribution in [2.24, 2.45) is 0 Å². The fraction of sp³-hybridized carbons (Fsp3) is 0.143. The molecule has 0 spiro atoms. The molecule has 10 heteroatoms. The number of nitrogens with zero attached hydrogens (tertiary/aromatic N) is 2. The zero-order valence-corrected chi connectivity index (χ0v) is 15.4. The fourth-order valence-corrected chi connectivity index (χ4v) is 4.56. The number of carbonyl (C=O) groups excluding carboxylic acids is 1. The highest BCUT2D eigenvalue weighted by Crippen LogP contribution is 2.27. The van der Waals surface area contributed by atoms with Crippen molar-refractivity contribution in [3.8, 4) is 10.6 Å². The van der Waals surface area contributed by atoms with Crippen molar-refractivity contribution in [2.45, 2.75) is 17.7 Å². The first kappa shape index (κ1) is 16.9. The number of rotatable bonds is 3. The Kier molecular flexibility index (Phi) is 4.37. The molecule has 0 aliphatic heterocycles. The van der Waals surface area contributed by atoms with Crippen molar-refractivity contribution in [2.75, 3.05) is 0 Å². The van der Waals surface area contributed by atoms with E-state index in [1.54, 1.807) is 18.2 Å². The first-order chi connectivity index (χ1) is 11.3. The zero-order chi connectivity index (χ0) is 17.5. The quantitative estimate of drug-likeness (QED) is 0.630. The van der Waals surface area contributed by atoms with Gasteiger partial charge in [-0.2, -0.15) is 0 Å². The van der Waals surface area contributed by atoms with Gasteiger partial charge in [0.05, 0.1) is 10.9 Å². The van der Waals surface area contributed by atoms with Crippen molar-refractivity contribution in [3.05, 3.63) is 39.2 Å². The van der Waals surface area contributed by atoms with E-state index in [1.807, 2.05) is 0 Å². The van der Waals surface area contributed by atoms with Crippen LogP contribution >= 0.6 is 27.3 Å². The second-order valence-corrected chi connectivity index (χ2v) is 8.72. The molecule has 2 heterocycles. The van der Waals surface area contributed by atoms with Crippen LogP contribution in [-0.2, 0) is 14.6 Å². The first-order valence-electron chi connectivity index (χ1n) is 6.67. The van der Waals surface area contributed by atoms with E-state index in [-0.39, 0.29) is 22.4 Å². The molecule has 124 valence electrons. The molecule has 7 nitrogen and oxygen atoms in total. The summed E-state index contributed by atoms with van der Waals surface area (Å²) in [6.07, 6.45) is 1.04. The van der Waals surface area contributed by atoms with E-state index in [4.69, 9.17) is 4.42 Å². The number of hydrogen-bond donors (Lipinski definition) is 0. The summed E-state index contributed by atoms with van der Waals surface area (Å²) in [5, 5.41) is 6.73. The van der Waals surface area contributed by atoms with Gasteiger partial charge in [-0.1, -0.05) is 34.2 Å². The van der Waals surface area contributed by atoms with Gasteiger partial charge in [-0.15, -0.1) is 10.2 Å². The van der Waals surface area contributed by atoms with E-state index < -0.39 is 19.3 Å². The summed E-state index contributed by atoms with van der Waals surface area (Å²) in [6.45, 7) is 1.44. The summed E-state index contributed by atoms with van der Waals surface area (Å²) in [4.78, 5) is 24.1. The Morgan fingerprint density at radius 1 is 1.33 bits per heavy atom. The van der Waals surface area contributed by atoms with E-state index in [0.717, 1.165) is 4.47 Å². The van der Waals surface area contributed by atoms with Crippen molar-refractivity contribution in [3.63, 3.8) is 0 Å². The Morgan fingerprint density at radius 3 is 2.79 bits per heavy atom. The van der Waals surface area contributed by atoms with Gasteiger partial charge in [0.2, 0.25) is 9.77 Å². The summed E-state index contributed by atoms with van der Waals surface area (Å²) in [5.74, 6) is 0. The second kappa shape index (κ2) is 6.19. The minimum Gasteiger partial charge on any atom is -0.463 e. The fourth-order valence-electron chi connectivity index (χ4n) is 1.96. The lowest BCUT2D eigenvalue weighted by Crippen LogP contribution is -2.13. The van der Waals surface area contributed by atoms with Crippen LogP contribution in [0, 0.1) is 0 Å². The van der Waals surface area contributed by atoms with E-state index >= 15 is 0 Å². The molecule has 3 rings (SSSR count). The Bertz CT molecular complexity index is 1120. The molecule has 24 heavy (non-hydrogen) atoms. The van der Waals surface area contributed by atoms with Crippen LogP contribution in [0.2, 0.25) is 0 Å². The first-order valence-corrected chi connectivity index (χ1v) is 9.76. The van der Waals surface area contributed by atoms with E-state index in [1.165, 1.54) is 13.2 Å². The van der Waals surface area contributed by atoms with Crippen molar-refractivity contribution >= 4 is 53.2 Å². The average Bonchev–Trinajstić information content (AvgIpc) is 3.04. The Balaban J connectivity index is 2.13. The van der Waals surface area contributed by atoms with E-state index in [0.29, 0.717) is 22.3 Å². The van der Waals surface area contributed by atoms with Crippen LogP contribution < -0.4 is 5.43 Å². The molecule has 0 unspecified atom stereocenters. The lowest BCUT2D eigenvalue weighted by Gasteiger charge is -1.99. The second-order valence-electron chi connectivity index (χ2n) is 4.72. The molecule has 3 aromatic rings. The molecule has 0 aliphatic rings. The normalized spacial score (nSPS) is 11.8. The molecular formula is C14H9BrN2O5S2. The standard InChI is InChI=1S/C14H9BrN2O5S2/c1-2-11(18)24(20,21)14-17-16-13(23-14)9-6-22-10-5-7(15)3-4-8(10)12(9)19/h3-6H,2H2,1H3. The number of halogens is 1. The van der Waals surface area contributed by atoms with Crippen LogP contribution in [0.1, 0.15) is 13.3 Å². The summed E-state index contributed by atoms with van der Waals surface area (Å²) >= 11 is 3.95. The van der Waals surface area contributed by atoms with Gasteiger partial charge in [0.25, 0.3) is 15.0 Å². The molecule has 0 radical (unpaired) electrons. The molecule has 0 fully saturated rings. The predicted octanol–water partition coefficient (Wildman–Crippen LogP) is 2.78. The lowest BCUT2D eigenvalue weighted by atomic mass is 10.2. The molecule has 0 atom stereocenters. The monoisotopic (exact) mass is 428 g/mol. The zero-order valence-electron chi connectivity index (χ0n) is 12.1. The van der Waals surface area contributed by atoms with Gasteiger partial charge in [0, 0.05) is 10.9 Å². The summed E-state index contributed by atoms with van der Waals surface area (Å²) in [6, 6.07) is 4.93. The number of hydrogen-bond acceptors (Lipinski definition) is 8. The molecule has 0 saturated carbocycles. The molecule has 0 bridgehead atoms. The van der Waals surface area contributed by atoms with Crippen molar-refractivity contribution in [1.29, 1.82) is 0 Å². The maximum Gasteiger partial charge on any atom is 0.268 e. The minimum absolute atomic E-state index is 0.0797. The molecular weight excluding hydrogens is 420 g/mol. The lowest BCUT2D eigenvalue weighted by molar-refractivity contribution is -0.111. The predicted molar refractivity (Wildman–Crippen MR) is 91.6 cm³/mol. The van der Waals surface area contributed by atoms with Gasteiger partial charge in [-0.25, -0.2) is 8.42 Å². The molecule has 2 aromatic heterocycles. The van der Waals surface area contributed by atoms with Crippen molar-refractivity contribution in [1.82, 2.24) is 10.2 Å². The Hall–Kier alpha value is -1.91. The summed E-state index contributed by atoms with van der Waals surface area (Å²) in [7, 11) is -4.17. The van der Waals surface area contributed by atoms with Crippen molar-refractivity contribution < 1.29 is 17.6 Å². The van der Waals surface area contributed by atoms with Gasteiger partial charge in [-0.3, -0.25) is 9.59 Å². The summed E-state index contributed by atoms with van der Waals surface area (Å²) in [5.41, 5.74) is 0.120. The van der Waals surface area contributed by atoms with Gasteiger partial charge in [-0.05, 0) is 18.2 Å². The summed E-state index contributed by atoms with van der Waals surface area (Å²) < 4.78 is 29.7. The smallest absolute Gasteiger partial charge is 0.268 e. The Morgan fingerprint density at radius 2 is 2.08 bits per heavy atom. The number of aromatic nitrogens is 2. The third kappa shape index (κ3) is 2.80. The SMILES string of the molecule is CCC(=O)S(=O)(=O)c1nnc(-c2coc3cc(Br)ccc3c2=O)s1. The topological polar surface area (TPSA) is 107 Å². The number of sulfone groups is 1. The Labute approximate surface area is 148 Å². The van der Waals surface area contributed by atoms with Crippen LogP contribution in [0.3, 0.4) is 0 Å². The largest absolute Gasteiger partial charge is 0.463 e. The van der Waals surface area contributed by atoms with Gasteiger partial charge in [0.1, 0.15) is 11.8 Å². The van der Waals surface area contributed by atoms with E-state index in [9.17, 15) is 18.0 Å². The highest BCUT2D eigenvalue weighted by Gasteiger charge is 2.28. The maximum atomic E-state index is 12.5. The number of benzene rings is 1. The molecule has 1 aromatic carbocycles. The molecule has 0 amide bonds. The molecule has 0 saturated heterocycles. The molecule has 0 N–H and O–H groups in total. The van der Waals surface area contributed by atoms with Crippen LogP contribution in [0.5, 0.6) is 0 Å². The average molecular weight is 429 g/mol. The third-order valence-electron chi connectivity index (χ3n) is 3.19. The van der Waals surface area contributed by atoms with Crippen LogP contribution in [0.25, 0.3) is 21.5 Å². The van der Waals surface area contributed by atoms with E-state index in [2.05, 4.69) is 26.1 Å². The van der Waals surface area contributed by atoms with Gasteiger partial charge < -0.3 is 4.42 Å². The van der Waals surface area contributed by atoms with Gasteiger partial charge in [0.15, 0.2) is 5.01 Å². The number of carbonyl (C=O) groups is 1. The highest BCUT2D eigenvalue weighted by atomic mass is 79.9. The third-order valence-corrected chi connectivity index (χ3v) is 6.77. The maximum absolute atomic E-state index is 12.5. The minimum atomic E-state index is -4.17.